The molecule has 1 aromatic rings. The molecule has 0 unspecified atom stereocenters. The Hall–Kier alpha value is -2.61. The van der Waals surface area contributed by atoms with Crippen LogP contribution >= 0.6 is 0 Å². The minimum Gasteiger partial charge on any atom is -0.391 e. The van der Waals surface area contributed by atoms with Crippen molar-refractivity contribution >= 4 is 17.7 Å². The highest BCUT2D eigenvalue weighted by molar-refractivity contribution is 5.86. The summed E-state index contributed by atoms with van der Waals surface area (Å²) in [6.07, 6.45) is 9.86. The van der Waals surface area contributed by atoms with Crippen LogP contribution in [0.25, 0.3) is 0 Å². The lowest BCUT2D eigenvalue weighted by atomic mass is 9.81. The van der Waals surface area contributed by atoms with Gasteiger partial charge < -0.3 is 34.9 Å². The Bertz CT molecular complexity index is 1300. The van der Waals surface area contributed by atoms with Crippen LogP contribution in [0.2, 0.25) is 0 Å². The first-order chi connectivity index (χ1) is 26.9. The zero-order valence-electron chi connectivity index (χ0n) is 35.4. The molecule has 4 N–H and O–H groups in total. The van der Waals surface area contributed by atoms with Crippen molar-refractivity contribution in [2.75, 3.05) is 53.3 Å². The van der Waals surface area contributed by atoms with Gasteiger partial charge in [0, 0.05) is 39.2 Å². The predicted octanol–water partition coefficient (Wildman–Crippen LogP) is 5.02. The number of aliphatic hydroxyl groups excluding tert-OH is 1. The Balaban J connectivity index is 1.52. The molecule has 12 nitrogen and oxygen atoms in total. The number of benzene rings is 1. The van der Waals surface area contributed by atoms with E-state index in [9.17, 15) is 19.5 Å². The molecule has 0 aromatic heterocycles. The number of rotatable bonds is 22. The molecule has 2 saturated heterocycles. The molecule has 1 saturated carbocycles. The van der Waals surface area contributed by atoms with Crippen molar-refractivity contribution in [3.63, 3.8) is 0 Å². The van der Waals surface area contributed by atoms with Crippen LogP contribution in [-0.4, -0.2) is 122 Å². The number of aliphatic hydroxyl groups is 1. The topological polar surface area (TPSA) is 142 Å². The number of hydrogen-bond donors (Lipinski definition) is 4. The van der Waals surface area contributed by atoms with Gasteiger partial charge in [-0.05, 0) is 69.8 Å². The lowest BCUT2D eigenvalue weighted by Gasteiger charge is -2.42. The lowest BCUT2D eigenvalue weighted by Crippen LogP contribution is -2.61. The highest BCUT2D eigenvalue weighted by atomic mass is 16.7. The zero-order valence-corrected chi connectivity index (χ0v) is 35.4. The third-order valence-electron chi connectivity index (χ3n) is 12.3. The van der Waals surface area contributed by atoms with E-state index in [4.69, 9.17) is 14.2 Å². The van der Waals surface area contributed by atoms with Crippen LogP contribution in [-0.2, 0) is 35.0 Å². The molecule has 2 heterocycles. The maximum Gasteiger partial charge on any atom is 0.240 e. The van der Waals surface area contributed by atoms with Gasteiger partial charge in [0.25, 0.3) is 0 Å². The van der Waals surface area contributed by atoms with Gasteiger partial charge in [-0.25, -0.2) is 0 Å². The van der Waals surface area contributed by atoms with E-state index < -0.39 is 35.8 Å². The summed E-state index contributed by atoms with van der Waals surface area (Å²) in [5.74, 6) is -0.371. The van der Waals surface area contributed by atoms with Crippen molar-refractivity contribution in [3.05, 3.63) is 35.9 Å². The number of methoxy groups -OCH3 is 1. The predicted molar refractivity (Wildman–Crippen MR) is 220 cm³/mol. The van der Waals surface area contributed by atoms with E-state index in [1.165, 1.54) is 6.42 Å². The molecule has 3 fully saturated rings. The number of carbonyl (C=O) groups excluding carboxylic acids is 3. The molecule has 0 bridgehead atoms. The summed E-state index contributed by atoms with van der Waals surface area (Å²) in [7, 11) is 1.61. The smallest absolute Gasteiger partial charge is 0.240 e. The van der Waals surface area contributed by atoms with Crippen LogP contribution < -0.4 is 16.0 Å². The summed E-state index contributed by atoms with van der Waals surface area (Å²) in [5.41, 5.74) is 0.459. The maximum atomic E-state index is 14.5. The third kappa shape index (κ3) is 14.6. The van der Waals surface area contributed by atoms with Crippen molar-refractivity contribution < 1.29 is 33.7 Å². The van der Waals surface area contributed by atoms with Crippen LogP contribution in [0, 0.1) is 17.8 Å². The molecule has 0 spiro atoms. The van der Waals surface area contributed by atoms with Gasteiger partial charge in [-0.2, -0.15) is 0 Å². The summed E-state index contributed by atoms with van der Waals surface area (Å²) in [6, 6.07) is 8.20. The molecule has 5 atom stereocenters. The average molecular weight is 786 g/mol. The second-order valence-corrected chi connectivity index (χ2v) is 17.4. The molecule has 1 aromatic carbocycles. The molecule has 12 heteroatoms. The second kappa shape index (κ2) is 23.7. The summed E-state index contributed by atoms with van der Waals surface area (Å²) in [4.78, 5) is 46.9. The van der Waals surface area contributed by atoms with E-state index in [0.717, 1.165) is 70.0 Å². The second-order valence-electron chi connectivity index (χ2n) is 17.4. The van der Waals surface area contributed by atoms with Gasteiger partial charge in [0.2, 0.25) is 17.7 Å². The van der Waals surface area contributed by atoms with E-state index in [0.29, 0.717) is 51.5 Å². The van der Waals surface area contributed by atoms with Crippen LogP contribution in [0.5, 0.6) is 0 Å². The first kappa shape index (κ1) is 46.1. The molecule has 318 valence electrons. The number of hydrogen-bond acceptors (Lipinski definition) is 9. The Morgan fingerprint density at radius 3 is 2.25 bits per heavy atom. The van der Waals surface area contributed by atoms with Crippen molar-refractivity contribution in [1.29, 1.82) is 0 Å². The largest absolute Gasteiger partial charge is 0.391 e. The molecule has 1 aliphatic carbocycles. The van der Waals surface area contributed by atoms with Crippen LogP contribution in [0.3, 0.4) is 0 Å². The number of piperidine rings is 1. The molecule has 3 aliphatic rings. The van der Waals surface area contributed by atoms with Crippen LogP contribution in [0.15, 0.2) is 30.3 Å². The fourth-order valence-corrected chi connectivity index (χ4v) is 8.72. The van der Waals surface area contributed by atoms with Gasteiger partial charge in [-0.1, -0.05) is 96.0 Å². The first-order valence-electron chi connectivity index (χ1n) is 21.7. The normalized spacial score (nSPS) is 20.6. The number of morpholine rings is 1. The van der Waals surface area contributed by atoms with Crippen LogP contribution in [0.1, 0.15) is 117 Å². The third-order valence-corrected chi connectivity index (χ3v) is 12.3. The van der Waals surface area contributed by atoms with Crippen molar-refractivity contribution in [3.8, 4) is 0 Å². The Labute approximate surface area is 337 Å². The monoisotopic (exact) mass is 786 g/mol. The minimum absolute atomic E-state index is 0.0158. The quantitative estimate of drug-likeness (QED) is 0.119. The van der Waals surface area contributed by atoms with Gasteiger partial charge >= 0.3 is 0 Å². The highest BCUT2D eigenvalue weighted by Crippen LogP contribution is 2.30. The Morgan fingerprint density at radius 2 is 1.62 bits per heavy atom. The molecular weight excluding hydrogens is 711 g/mol. The number of nitrogens with zero attached hydrogens (tertiary/aromatic N) is 2. The number of unbranched alkanes of at least 4 members (excludes halogenated alkanes) is 1. The van der Waals surface area contributed by atoms with E-state index >= 15 is 0 Å². The zero-order chi connectivity index (χ0) is 40.5. The van der Waals surface area contributed by atoms with Gasteiger partial charge in [-0.15, -0.1) is 0 Å². The number of likely N-dealkylation sites (tertiary alicyclic amines) is 1. The van der Waals surface area contributed by atoms with Crippen molar-refractivity contribution in [2.24, 2.45) is 17.8 Å². The molecule has 3 amide bonds. The lowest BCUT2D eigenvalue weighted by molar-refractivity contribution is -0.139. The fraction of sp³-hybridized carbons (Fsp3) is 0.795. The Morgan fingerprint density at radius 1 is 0.946 bits per heavy atom. The summed E-state index contributed by atoms with van der Waals surface area (Å²) in [5, 5.41) is 22.2. The first-order valence-corrected chi connectivity index (χ1v) is 21.7. The maximum absolute atomic E-state index is 14.5. The van der Waals surface area contributed by atoms with Crippen molar-refractivity contribution in [1.82, 2.24) is 25.8 Å². The van der Waals surface area contributed by atoms with Gasteiger partial charge in [0.05, 0.1) is 49.2 Å². The highest BCUT2D eigenvalue weighted by Gasteiger charge is 2.38. The molecule has 0 radical (unpaired) electrons. The van der Waals surface area contributed by atoms with Crippen molar-refractivity contribution in [2.45, 2.75) is 154 Å². The van der Waals surface area contributed by atoms with E-state index in [-0.39, 0.29) is 43.0 Å². The number of ether oxygens (including phenoxy) is 3. The molecular formula is C44H75N5O7. The van der Waals surface area contributed by atoms with Crippen LogP contribution in [0.4, 0.5) is 0 Å². The SMILES string of the molecule is CCCC[C@H](N[C@@H](Cc1ccccc1)C(=O)N1CCC(OCOC)CC1)C(=O)N[C@@H](CC1CCCCC1)[C@@H](O)C[C@H](C(=O)NC(C)(C)N1CCOCC1)C(C)C. The number of nitrogens with one attached hydrogen (secondary N) is 3. The number of carbonyl (C=O) groups is 3. The average Bonchev–Trinajstić information content (AvgIpc) is 3.20. The minimum atomic E-state index is -0.916. The summed E-state index contributed by atoms with van der Waals surface area (Å²) in [6.45, 7) is 14.3. The Kier molecular flexibility index (Phi) is 19.5. The fourth-order valence-electron chi connectivity index (χ4n) is 8.72. The standard InChI is InChI=1S/C44H75N5O7/c1-7-8-19-37(45-39(29-34-17-13-10-14-18-34)43(53)48-22-20-35(21-23-48)56-31-54-6)42(52)46-38(28-33-15-11-9-12-16-33)40(50)30-36(32(2)3)41(51)47-44(4,5)49-24-26-55-27-25-49/h10,13-14,17-18,32-33,35-40,45,50H,7-9,11-12,15-16,19-31H2,1-6H3,(H,46,52)(H,47,51)/t36-,37-,38-,39-,40-/m0/s1. The van der Waals surface area contributed by atoms with Gasteiger partial charge in [0.1, 0.15) is 6.79 Å². The van der Waals surface area contributed by atoms with Gasteiger partial charge in [-0.3, -0.25) is 24.6 Å². The number of amides is 3. The van der Waals surface area contributed by atoms with Gasteiger partial charge in [0.15, 0.2) is 0 Å². The summed E-state index contributed by atoms with van der Waals surface area (Å²) < 4.78 is 16.4. The van der Waals surface area contributed by atoms with E-state index in [1.54, 1.807) is 7.11 Å². The molecule has 4 rings (SSSR count). The van der Waals surface area contributed by atoms with E-state index in [1.807, 2.05) is 62.9 Å². The molecule has 2 aliphatic heterocycles. The molecule has 56 heavy (non-hydrogen) atoms. The summed E-state index contributed by atoms with van der Waals surface area (Å²) >= 11 is 0. The van der Waals surface area contributed by atoms with E-state index in [2.05, 4.69) is 27.8 Å².